The second-order valence-electron chi connectivity index (χ2n) is 6.81. The maximum Gasteiger partial charge on any atom is 0.407 e. The predicted molar refractivity (Wildman–Crippen MR) is 105 cm³/mol. The van der Waals surface area contributed by atoms with Gasteiger partial charge in [-0.1, -0.05) is 6.07 Å². The van der Waals surface area contributed by atoms with Gasteiger partial charge in [0, 0.05) is 31.9 Å². The molecule has 2 aromatic carbocycles. The summed E-state index contributed by atoms with van der Waals surface area (Å²) in [6, 6.07) is 10.1. The molecule has 0 radical (unpaired) electrons. The minimum absolute atomic E-state index is 0.0320. The fraction of sp³-hybridized carbons (Fsp3) is 0.316. The summed E-state index contributed by atoms with van der Waals surface area (Å²) >= 11 is 0. The Morgan fingerprint density at radius 3 is 2.21 bits per heavy atom. The lowest BCUT2D eigenvalue weighted by molar-refractivity contribution is 0.126. The van der Waals surface area contributed by atoms with E-state index in [-0.39, 0.29) is 36.8 Å². The lowest BCUT2D eigenvalue weighted by atomic mass is 10.1. The maximum absolute atomic E-state index is 13.2. The molecule has 0 bridgehead atoms. The van der Waals surface area contributed by atoms with Crippen molar-refractivity contribution in [1.29, 1.82) is 0 Å². The van der Waals surface area contributed by atoms with Crippen LogP contribution in [0.2, 0.25) is 0 Å². The van der Waals surface area contributed by atoms with Crippen LogP contribution in [0.1, 0.15) is 11.1 Å². The lowest BCUT2D eigenvalue weighted by Crippen LogP contribution is -2.50. The number of nitrogens with zero attached hydrogens (tertiary/aromatic N) is 2. The predicted octanol–water partition coefficient (Wildman–Crippen LogP) is 2.66. The van der Waals surface area contributed by atoms with Crippen molar-refractivity contribution in [2.75, 3.05) is 31.9 Å². The number of hydrogen-bond acceptors (Lipinski definition) is 5. The topological polar surface area (TPSA) is 113 Å². The van der Waals surface area contributed by atoms with E-state index in [9.17, 15) is 13.2 Å². The molecule has 0 atom stereocenters. The first-order valence-corrected chi connectivity index (χ1v) is 10.2. The number of anilines is 1. The number of nitrogens with two attached hydrogens (primary N) is 1. The Morgan fingerprint density at radius 2 is 1.64 bits per heavy atom. The van der Waals surface area contributed by atoms with Crippen LogP contribution >= 0.6 is 0 Å². The van der Waals surface area contributed by atoms with Gasteiger partial charge in [0.2, 0.25) is 10.0 Å². The van der Waals surface area contributed by atoms with Crippen molar-refractivity contribution >= 4 is 21.8 Å². The number of rotatable bonds is 4. The van der Waals surface area contributed by atoms with Gasteiger partial charge in [-0.15, -0.1) is 0 Å². The van der Waals surface area contributed by atoms with E-state index in [4.69, 9.17) is 15.6 Å². The first-order valence-electron chi connectivity index (χ1n) is 8.80. The number of ether oxygens (including phenoxy) is 1. The normalized spacial score (nSPS) is 15.4. The molecule has 1 aliphatic heterocycles. The zero-order valence-corrected chi connectivity index (χ0v) is 16.6. The first-order chi connectivity index (χ1) is 13.2. The largest absolute Gasteiger partial charge is 0.465 e. The Morgan fingerprint density at radius 1 is 1.04 bits per heavy atom. The van der Waals surface area contributed by atoms with Gasteiger partial charge in [-0.3, -0.25) is 0 Å². The van der Waals surface area contributed by atoms with Gasteiger partial charge in [0.15, 0.2) is 0 Å². The average Bonchev–Trinajstić information content (AvgIpc) is 2.62. The van der Waals surface area contributed by atoms with Crippen molar-refractivity contribution in [2.45, 2.75) is 18.7 Å². The number of sulfonamides is 1. The quantitative estimate of drug-likeness (QED) is 0.756. The fourth-order valence-corrected chi connectivity index (χ4v) is 4.76. The Hall–Kier alpha value is -2.78. The van der Waals surface area contributed by atoms with Crippen LogP contribution in [0.15, 0.2) is 41.3 Å². The summed E-state index contributed by atoms with van der Waals surface area (Å²) in [6.45, 7) is 4.25. The van der Waals surface area contributed by atoms with E-state index in [1.54, 1.807) is 6.07 Å². The molecule has 1 aliphatic rings. The molecule has 3 rings (SSSR count). The second-order valence-corrected chi connectivity index (χ2v) is 8.71. The number of piperazine rings is 1. The summed E-state index contributed by atoms with van der Waals surface area (Å²) in [7, 11) is -3.90. The third kappa shape index (κ3) is 4.20. The Bertz CT molecular complexity index is 978. The van der Waals surface area contributed by atoms with E-state index in [1.807, 2.05) is 32.0 Å². The van der Waals surface area contributed by atoms with Crippen molar-refractivity contribution in [2.24, 2.45) is 0 Å². The van der Waals surface area contributed by atoms with Crippen molar-refractivity contribution in [3.63, 3.8) is 0 Å². The standard InChI is InChI=1S/C19H23N3O5S/c1-13-9-14(2)11-16(10-13)27-17-4-3-15(20)12-18(17)28(25,26)22-7-5-21(6-8-22)19(23)24/h3-4,9-12H,5-8,20H2,1-2H3,(H,23,24). The summed E-state index contributed by atoms with van der Waals surface area (Å²) in [4.78, 5) is 12.2. The molecule has 2 aromatic rings. The summed E-state index contributed by atoms with van der Waals surface area (Å²) < 4.78 is 33.5. The van der Waals surface area contributed by atoms with Crippen LogP contribution in [-0.4, -0.2) is 55.0 Å². The molecule has 0 aliphatic carbocycles. The monoisotopic (exact) mass is 405 g/mol. The van der Waals surface area contributed by atoms with Gasteiger partial charge >= 0.3 is 6.09 Å². The highest BCUT2D eigenvalue weighted by Gasteiger charge is 2.32. The average molecular weight is 405 g/mol. The van der Waals surface area contributed by atoms with Crippen LogP contribution in [-0.2, 0) is 10.0 Å². The Balaban J connectivity index is 1.92. The molecular weight excluding hydrogens is 382 g/mol. The van der Waals surface area contributed by atoms with E-state index in [0.717, 1.165) is 11.1 Å². The van der Waals surface area contributed by atoms with E-state index in [2.05, 4.69) is 0 Å². The number of carboxylic acid groups (broad SMARTS) is 1. The van der Waals surface area contributed by atoms with E-state index < -0.39 is 16.1 Å². The van der Waals surface area contributed by atoms with Crippen LogP contribution < -0.4 is 10.5 Å². The van der Waals surface area contributed by atoms with Crippen molar-refractivity contribution in [3.05, 3.63) is 47.5 Å². The maximum atomic E-state index is 13.2. The molecule has 0 unspecified atom stereocenters. The molecule has 1 amide bonds. The van der Waals surface area contributed by atoms with Crippen LogP contribution in [0.25, 0.3) is 0 Å². The summed E-state index contributed by atoms with van der Waals surface area (Å²) in [5.41, 5.74) is 8.13. The molecule has 9 heteroatoms. The highest BCUT2D eigenvalue weighted by molar-refractivity contribution is 7.89. The van der Waals surface area contributed by atoms with Gasteiger partial charge in [0.1, 0.15) is 16.4 Å². The minimum Gasteiger partial charge on any atom is -0.465 e. The fourth-order valence-electron chi connectivity index (χ4n) is 3.19. The third-order valence-electron chi connectivity index (χ3n) is 4.52. The van der Waals surface area contributed by atoms with Gasteiger partial charge < -0.3 is 20.5 Å². The molecule has 8 nitrogen and oxygen atoms in total. The molecule has 3 N–H and O–H groups in total. The molecule has 0 spiro atoms. The molecule has 150 valence electrons. The molecule has 1 saturated heterocycles. The number of amides is 1. The first kappa shape index (κ1) is 20.0. The van der Waals surface area contributed by atoms with Crippen LogP contribution in [0, 0.1) is 13.8 Å². The van der Waals surface area contributed by atoms with Crippen LogP contribution in [0.5, 0.6) is 11.5 Å². The SMILES string of the molecule is Cc1cc(C)cc(Oc2ccc(N)cc2S(=O)(=O)N2CCN(C(=O)O)CC2)c1. The number of aryl methyl sites for hydroxylation is 2. The third-order valence-corrected chi connectivity index (χ3v) is 6.44. The molecule has 1 fully saturated rings. The molecule has 0 aromatic heterocycles. The smallest absolute Gasteiger partial charge is 0.407 e. The zero-order chi connectivity index (χ0) is 20.5. The highest BCUT2D eigenvalue weighted by Crippen LogP contribution is 2.33. The molecule has 0 saturated carbocycles. The van der Waals surface area contributed by atoms with E-state index in [1.165, 1.54) is 21.3 Å². The number of benzene rings is 2. The van der Waals surface area contributed by atoms with Gasteiger partial charge in [0.05, 0.1) is 0 Å². The molecule has 1 heterocycles. The van der Waals surface area contributed by atoms with Crippen LogP contribution in [0.4, 0.5) is 10.5 Å². The zero-order valence-electron chi connectivity index (χ0n) is 15.8. The van der Waals surface area contributed by atoms with Gasteiger partial charge in [-0.05, 0) is 55.3 Å². The van der Waals surface area contributed by atoms with Gasteiger partial charge in [0.25, 0.3) is 0 Å². The van der Waals surface area contributed by atoms with Gasteiger partial charge in [-0.2, -0.15) is 4.31 Å². The Labute approximate surface area is 164 Å². The molecular formula is C19H23N3O5S. The minimum atomic E-state index is -3.90. The second kappa shape index (κ2) is 7.69. The lowest BCUT2D eigenvalue weighted by Gasteiger charge is -2.32. The van der Waals surface area contributed by atoms with Gasteiger partial charge in [-0.25, -0.2) is 13.2 Å². The number of nitrogen functional groups attached to an aromatic ring is 1. The summed E-state index contributed by atoms with van der Waals surface area (Å²) in [6.07, 6.45) is -1.06. The highest BCUT2D eigenvalue weighted by atomic mass is 32.2. The van der Waals surface area contributed by atoms with E-state index >= 15 is 0 Å². The van der Waals surface area contributed by atoms with Crippen molar-refractivity contribution < 1.29 is 23.1 Å². The van der Waals surface area contributed by atoms with Crippen molar-refractivity contribution in [1.82, 2.24) is 9.21 Å². The summed E-state index contributed by atoms with van der Waals surface area (Å²) in [5, 5.41) is 9.06. The van der Waals surface area contributed by atoms with Crippen molar-refractivity contribution in [3.8, 4) is 11.5 Å². The molecule has 28 heavy (non-hydrogen) atoms. The number of hydrogen-bond donors (Lipinski definition) is 2. The Kier molecular flexibility index (Phi) is 5.48. The summed E-state index contributed by atoms with van der Waals surface area (Å²) in [5.74, 6) is 0.717. The van der Waals surface area contributed by atoms with Crippen LogP contribution in [0.3, 0.4) is 0 Å². The number of carbonyl (C=O) groups is 1. The van der Waals surface area contributed by atoms with E-state index in [0.29, 0.717) is 11.4 Å².